The van der Waals surface area contributed by atoms with E-state index in [4.69, 9.17) is 5.73 Å². The molecule has 2 rings (SSSR count). The zero-order valence-corrected chi connectivity index (χ0v) is 13.1. The lowest BCUT2D eigenvalue weighted by Gasteiger charge is -2.18. The Bertz CT molecular complexity index is 660. The molecular formula is C16H22N4O. The minimum absolute atomic E-state index is 0.00347. The van der Waals surface area contributed by atoms with Crippen molar-refractivity contribution in [1.29, 1.82) is 0 Å². The van der Waals surface area contributed by atoms with Gasteiger partial charge >= 0.3 is 0 Å². The van der Waals surface area contributed by atoms with Gasteiger partial charge in [0, 0.05) is 32.9 Å². The third-order valence-electron chi connectivity index (χ3n) is 3.72. The average molecular weight is 286 g/mol. The van der Waals surface area contributed by atoms with Gasteiger partial charge < -0.3 is 10.6 Å². The van der Waals surface area contributed by atoms with Crippen LogP contribution in [0.3, 0.4) is 0 Å². The first-order chi connectivity index (χ1) is 9.93. The van der Waals surface area contributed by atoms with Crippen LogP contribution in [0, 0.1) is 13.8 Å². The highest BCUT2D eigenvalue weighted by atomic mass is 16.2. The molecule has 0 spiro atoms. The minimum atomic E-state index is -0.00347. The summed E-state index contributed by atoms with van der Waals surface area (Å²) in [5, 5.41) is 4.30. The molecule has 0 radical (unpaired) electrons. The minimum Gasteiger partial charge on any atom is -0.337 e. The zero-order valence-electron chi connectivity index (χ0n) is 13.1. The molecule has 5 heteroatoms. The van der Waals surface area contributed by atoms with E-state index in [2.05, 4.69) is 5.10 Å². The number of carbonyl (C=O) groups is 1. The molecule has 1 aromatic heterocycles. The van der Waals surface area contributed by atoms with Crippen LogP contribution in [0.5, 0.6) is 0 Å². The van der Waals surface area contributed by atoms with Gasteiger partial charge in [0.1, 0.15) is 0 Å². The molecule has 21 heavy (non-hydrogen) atoms. The second-order valence-electron chi connectivity index (χ2n) is 5.35. The summed E-state index contributed by atoms with van der Waals surface area (Å²) in [4.78, 5) is 14.3. The topological polar surface area (TPSA) is 64.2 Å². The summed E-state index contributed by atoms with van der Waals surface area (Å²) in [5.74, 6) is -0.00347. The number of hydrogen-bond donors (Lipinski definition) is 1. The van der Waals surface area contributed by atoms with Crippen LogP contribution in [0.2, 0.25) is 0 Å². The van der Waals surface area contributed by atoms with Gasteiger partial charge in [-0.15, -0.1) is 0 Å². The molecule has 0 aliphatic heterocycles. The summed E-state index contributed by atoms with van der Waals surface area (Å²) >= 11 is 0. The van der Waals surface area contributed by atoms with E-state index in [1.54, 1.807) is 9.58 Å². The normalized spacial score (nSPS) is 10.7. The monoisotopic (exact) mass is 286 g/mol. The highest BCUT2D eigenvalue weighted by molar-refractivity contribution is 5.96. The number of amides is 1. The number of aryl methyl sites for hydroxylation is 2. The molecule has 5 nitrogen and oxygen atoms in total. The molecule has 1 heterocycles. The Labute approximate surface area is 125 Å². The Morgan fingerprint density at radius 3 is 2.57 bits per heavy atom. The van der Waals surface area contributed by atoms with E-state index < -0.39 is 0 Å². The molecule has 0 unspecified atom stereocenters. The number of rotatable bonds is 4. The van der Waals surface area contributed by atoms with Crippen molar-refractivity contribution in [3.05, 3.63) is 52.3 Å². The number of aromatic nitrogens is 2. The van der Waals surface area contributed by atoms with E-state index in [1.165, 1.54) is 0 Å². The van der Waals surface area contributed by atoms with Crippen molar-refractivity contribution < 1.29 is 4.79 Å². The van der Waals surface area contributed by atoms with Crippen molar-refractivity contribution >= 4 is 5.91 Å². The molecule has 0 bridgehead atoms. The highest BCUT2D eigenvalue weighted by Gasteiger charge is 2.20. The van der Waals surface area contributed by atoms with Crippen LogP contribution in [-0.4, -0.2) is 27.6 Å². The van der Waals surface area contributed by atoms with Gasteiger partial charge in [0.25, 0.3) is 5.91 Å². The predicted octanol–water partition coefficient (Wildman–Crippen LogP) is 1.77. The molecule has 0 atom stereocenters. The zero-order chi connectivity index (χ0) is 15.6. The van der Waals surface area contributed by atoms with Crippen molar-refractivity contribution in [1.82, 2.24) is 14.7 Å². The Morgan fingerprint density at radius 1 is 1.33 bits per heavy atom. The van der Waals surface area contributed by atoms with E-state index >= 15 is 0 Å². The molecule has 2 N–H and O–H groups in total. The van der Waals surface area contributed by atoms with Gasteiger partial charge in [-0.2, -0.15) is 5.10 Å². The maximum Gasteiger partial charge on any atom is 0.257 e. The van der Waals surface area contributed by atoms with Crippen molar-refractivity contribution in [2.24, 2.45) is 12.8 Å². The van der Waals surface area contributed by atoms with Gasteiger partial charge in [-0.3, -0.25) is 9.48 Å². The molecule has 0 saturated heterocycles. The molecule has 0 saturated carbocycles. The molecule has 1 amide bonds. The van der Waals surface area contributed by atoms with Crippen molar-refractivity contribution in [3.8, 4) is 0 Å². The molecule has 0 aliphatic carbocycles. The van der Waals surface area contributed by atoms with Crippen LogP contribution >= 0.6 is 0 Å². The summed E-state index contributed by atoms with van der Waals surface area (Å²) in [6.07, 6.45) is 0. The quantitative estimate of drug-likeness (QED) is 0.931. The van der Waals surface area contributed by atoms with E-state index in [-0.39, 0.29) is 5.91 Å². The first kappa shape index (κ1) is 15.3. The molecule has 0 fully saturated rings. The Morgan fingerprint density at radius 2 is 2.00 bits per heavy atom. The lowest BCUT2D eigenvalue weighted by molar-refractivity contribution is 0.0783. The third kappa shape index (κ3) is 3.13. The van der Waals surface area contributed by atoms with E-state index in [0.717, 1.165) is 22.5 Å². The van der Waals surface area contributed by atoms with Crippen molar-refractivity contribution in [2.75, 3.05) is 7.05 Å². The third-order valence-corrected chi connectivity index (χ3v) is 3.72. The number of hydrogen-bond acceptors (Lipinski definition) is 3. The predicted molar refractivity (Wildman–Crippen MR) is 82.8 cm³/mol. The molecular weight excluding hydrogens is 264 g/mol. The first-order valence-corrected chi connectivity index (χ1v) is 6.97. The smallest absolute Gasteiger partial charge is 0.257 e. The van der Waals surface area contributed by atoms with Gasteiger partial charge in [-0.1, -0.05) is 24.3 Å². The Balaban J connectivity index is 2.19. The largest absolute Gasteiger partial charge is 0.337 e. The fraction of sp³-hybridized carbons (Fsp3) is 0.375. The summed E-state index contributed by atoms with van der Waals surface area (Å²) in [5.41, 5.74) is 10.1. The summed E-state index contributed by atoms with van der Waals surface area (Å²) in [7, 11) is 3.66. The summed E-state index contributed by atoms with van der Waals surface area (Å²) < 4.78 is 1.74. The molecule has 1 aromatic carbocycles. The van der Waals surface area contributed by atoms with Crippen molar-refractivity contribution in [2.45, 2.75) is 26.9 Å². The molecule has 0 aliphatic rings. The SMILES string of the molecule is Cc1nn(C)c(C)c1C(=O)N(C)Cc1cccc(CN)c1. The van der Waals surface area contributed by atoms with E-state index in [1.807, 2.05) is 52.2 Å². The van der Waals surface area contributed by atoms with Crippen LogP contribution in [-0.2, 0) is 20.1 Å². The lowest BCUT2D eigenvalue weighted by atomic mass is 10.1. The summed E-state index contributed by atoms with van der Waals surface area (Å²) in [6.45, 7) is 4.84. The van der Waals surface area contributed by atoms with E-state index in [9.17, 15) is 4.79 Å². The number of carbonyl (C=O) groups excluding carboxylic acids is 1. The average Bonchev–Trinajstić information content (AvgIpc) is 2.71. The number of benzene rings is 1. The maximum atomic E-state index is 12.6. The van der Waals surface area contributed by atoms with Crippen LogP contribution in [0.1, 0.15) is 32.9 Å². The first-order valence-electron chi connectivity index (χ1n) is 6.97. The Hall–Kier alpha value is -2.14. The van der Waals surface area contributed by atoms with Gasteiger partial charge in [-0.05, 0) is 25.0 Å². The standard InChI is InChI=1S/C16H22N4O/c1-11-15(12(2)20(4)18-11)16(21)19(3)10-14-7-5-6-13(8-14)9-17/h5-8H,9-10,17H2,1-4H3. The van der Waals surface area contributed by atoms with Gasteiger partial charge in [0.05, 0.1) is 11.3 Å². The van der Waals surface area contributed by atoms with Crippen LogP contribution < -0.4 is 5.73 Å². The van der Waals surface area contributed by atoms with Gasteiger partial charge in [0.2, 0.25) is 0 Å². The molecule has 112 valence electrons. The number of nitrogens with two attached hydrogens (primary N) is 1. The fourth-order valence-electron chi connectivity index (χ4n) is 2.47. The molecule has 2 aromatic rings. The summed E-state index contributed by atoms with van der Waals surface area (Å²) in [6, 6.07) is 8.00. The second kappa shape index (κ2) is 6.10. The maximum absolute atomic E-state index is 12.6. The Kier molecular flexibility index (Phi) is 4.43. The second-order valence-corrected chi connectivity index (χ2v) is 5.35. The van der Waals surface area contributed by atoms with Gasteiger partial charge in [0.15, 0.2) is 0 Å². The highest BCUT2D eigenvalue weighted by Crippen LogP contribution is 2.16. The van der Waals surface area contributed by atoms with E-state index in [0.29, 0.717) is 18.7 Å². The van der Waals surface area contributed by atoms with Crippen LogP contribution in [0.4, 0.5) is 0 Å². The van der Waals surface area contributed by atoms with Crippen LogP contribution in [0.25, 0.3) is 0 Å². The van der Waals surface area contributed by atoms with Gasteiger partial charge in [-0.25, -0.2) is 0 Å². The van der Waals surface area contributed by atoms with Crippen LogP contribution in [0.15, 0.2) is 24.3 Å². The lowest BCUT2D eigenvalue weighted by Crippen LogP contribution is -2.27. The fourth-order valence-corrected chi connectivity index (χ4v) is 2.47. The number of nitrogens with zero attached hydrogens (tertiary/aromatic N) is 3. The van der Waals surface area contributed by atoms with Crippen molar-refractivity contribution in [3.63, 3.8) is 0 Å².